The zero-order valence-corrected chi connectivity index (χ0v) is 17.1. The van der Waals surface area contributed by atoms with Crippen LogP contribution in [0.1, 0.15) is 27.6 Å². The van der Waals surface area contributed by atoms with Gasteiger partial charge in [0, 0.05) is 35.8 Å². The molecule has 0 N–H and O–H groups in total. The molecule has 158 valence electrons. The van der Waals surface area contributed by atoms with Crippen LogP contribution in [0.2, 0.25) is 0 Å². The van der Waals surface area contributed by atoms with Gasteiger partial charge in [-0.05, 0) is 32.0 Å². The quantitative estimate of drug-likeness (QED) is 0.444. The van der Waals surface area contributed by atoms with Crippen molar-refractivity contribution in [3.05, 3.63) is 47.0 Å². The smallest absolute Gasteiger partial charge is 0.451 e. The van der Waals surface area contributed by atoms with E-state index < -0.39 is 12.0 Å². The van der Waals surface area contributed by atoms with Crippen LogP contribution in [-0.2, 0) is 13.2 Å². The lowest BCUT2D eigenvalue weighted by Gasteiger charge is -2.10. The number of Topliss-reactive ketones (excluding diaryl/α,β-unsaturated/α-hetero) is 1. The first-order valence-corrected chi connectivity index (χ1v) is 9.87. The average Bonchev–Trinajstić information content (AvgIpc) is 3.36. The van der Waals surface area contributed by atoms with Crippen LogP contribution in [-0.4, -0.2) is 37.7 Å². The molecule has 0 fully saturated rings. The van der Waals surface area contributed by atoms with Gasteiger partial charge in [0.05, 0.1) is 5.75 Å². The molecule has 0 saturated heterocycles. The number of halogens is 3. The third-order valence-corrected chi connectivity index (χ3v) is 5.79. The van der Waals surface area contributed by atoms with Crippen molar-refractivity contribution in [1.82, 2.24) is 19.3 Å². The van der Waals surface area contributed by atoms with Gasteiger partial charge in [0.1, 0.15) is 0 Å². The number of hydrogen-bond acceptors (Lipinski definition) is 6. The summed E-state index contributed by atoms with van der Waals surface area (Å²) < 4.78 is 52.1. The van der Waals surface area contributed by atoms with Crippen molar-refractivity contribution in [2.24, 2.45) is 7.05 Å². The van der Waals surface area contributed by atoms with Crippen molar-refractivity contribution in [3.63, 3.8) is 0 Å². The molecule has 7 nitrogen and oxygen atoms in total. The molecule has 0 amide bonds. The van der Waals surface area contributed by atoms with E-state index in [0.717, 1.165) is 33.4 Å². The Bertz CT molecular complexity index is 1140. The van der Waals surface area contributed by atoms with E-state index in [-0.39, 0.29) is 23.5 Å². The van der Waals surface area contributed by atoms with Gasteiger partial charge >= 0.3 is 6.18 Å². The molecule has 1 aromatic carbocycles. The predicted molar refractivity (Wildman–Crippen MR) is 102 cm³/mol. The maximum atomic E-state index is 12.9. The summed E-state index contributed by atoms with van der Waals surface area (Å²) in [7, 11) is 1.22. The molecule has 0 spiro atoms. The molecule has 11 heteroatoms. The minimum atomic E-state index is -4.60. The molecular formula is C19H17F3N4O3S. The van der Waals surface area contributed by atoms with Crippen LogP contribution in [0.5, 0.6) is 11.5 Å². The van der Waals surface area contributed by atoms with E-state index in [1.165, 1.54) is 7.05 Å². The Labute approximate surface area is 173 Å². The zero-order chi connectivity index (χ0) is 21.6. The van der Waals surface area contributed by atoms with Crippen molar-refractivity contribution < 1.29 is 27.4 Å². The van der Waals surface area contributed by atoms with Gasteiger partial charge in [-0.1, -0.05) is 11.8 Å². The number of carbonyl (C=O) groups is 1. The summed E-state index contributed by atoms with van der Waals surface area (Å²) in [6.07, 6.45) is -4.60. The Kier molecular flexibility index (Phi) is 5.00. The Morgan fingerprint density at radius 3 is 2.60 bits per heavy atom. The molecule has 1 aliphatic rings. The molecule has 0 unspecified atom stereocenters. The molecular weight excluding hydrogens is 421 g/mol. The third kappa shape index (κ3) is 3.53. The Balaban J connectivity index is 1.55. The van der Waals surface area contributed by atoms with E-state index in [1.54, 1.807) is 12.1 Å². The fourth-order valence-corrected chi connectivity index (χ4v) is 4.16. The van der Waals surface area contributed by atoms with Crippen molar-refractivity contribution in [2.45, 2.75) is 25.2 Å². The van der Waals surface area contributed by atoms with E-state index in [2.05, 4.69) is 10.2 Å². The van der Waals surface area contributed by atoms with Gasteiger partial charge in [0.25, 0.3) is 0 Å². The highest BCUT2D eigenvalue weighted by molar-refractivity contribution is 7.99. The van der Waals surface area contributed by atoms with Gasteiger partial charge in [-0.3, -0.25) is 4.79 Å². The zero-order valence-electron chi connectivity index (χ0n) is 16.3. The minimum absolute atomic E-state index is 0.0280. The summed E-state index contributed by atoms with van der Waals surface area (Å²) in [5, 5.41) is 6.75. The van der Waals surface area contributed by atoms with E-state index in [0.29, 0.717) is 17.1 Å². The van der Waals surface area contributed by atoms with Crippen LogP contribution in [0.25, 0.3) is 5.69 Å². The van der Waals surface area contributed by atoms with Crippen molar-refractivity contribution in [3.8, 4) is 17.2 Å². The molecule has 0 aliphatic carbocycles. The largest absolute Gasteiger partial charge is 0.454 e. The highest BCUT2D eigenvalue weighted by Crippen LogP contribution is 2.35. The number of carbonyl (C=O) groups excluding carboxylic acids is 1. The number of ketones is 1. The van der Waals surface area contributed by atoms with E-state index >= 15 is 0 Å². The van der Waals surface area contributed by atoms with Crippen LogP contribution >= 0.6 is 11.8 Å². The van der Waals surface area contributed by atoms with Gasteiger partial charge in [0.2, 0.25) is 12.6 Å². The topological polar surface area (TPSA) is 71.2 Å². The minimum Gasteiger partial charge on any atom is -0.454 e. The maximum absolute atomic E-state index is 12.9. The number of aromatic nitrogens is 4. The number of aryl methyl sites for hydroxylation is 1. The second-order valence-corrected chi connectivity index (χ2v) is 7.68. The van der Waals surface area contributed by atoms with Gasteiger partial charge in [-0.25, -0.2) is 0 Å². The van der Waals surface area contributed by atoms with Gasteiger partial charge in [0.15, 0.2) is 22.4 Å². The number of thioether (sulfide) groups is 1. The fraction of sp³-hybridized carbons (Fsp3) is 0.316. The van der Waals surface area contributed by atoms with E-state index in [4.69, 9.17) is 9.47 Å². The number of fused-ring (bicyclic) bond motifs is 1. The van der Waals surface area contributed by atoms with Crippen LogP contribution in [0.3, 0.4) is 0 Å². The van der Waals surface area contributed by atoms with Crippen molar-refractivity contribution in [2.75, 3.05) is 12.5 Å². The van der Waals surface area contributed by atoms with Crippen molar-refractivity contribution >= 4 is 17.5 Å². The summed E-state index contributed by atoms with van der Waals surface area (Å²) >= 11 is 0.917. The molecule has 2 aromatic heterocycles. The number of benzene rings is 1. The first-order valence-electron chi connectivity index (χ1n) is 8.88. The number of alkyl halides is 3. The van der Waals surface area contributed by atoms with E-state index in [9.17, 15) is 18.0 Å². The average molecular weight is 438 g/mol. The standard InChI is InChI=1S/C19H17F3N4O3S/c1-10-6-13(11(2)26(10)12-4-5-15-16(7-12)29-9-28-15)14(27)8-30-18-24-23-17(25(18)3)19(20,21)22/h4-7H,8-9H2,1-3H3. The third-order valence-electron chi connectivity index (χ3n) is 4.77. The Hall–Kier alpha value is -2.95. The first-order chi connectivity index (χ1) is 14.2. The Morgan fingerprint density at radius 2 is 1.90 bits per heavy atom. The first kappa shape index (κ1) is 20.3. The summed E-state index contributed by atoms with van der Waals surface area (Å²) in [6, 6.07) is 7.28. The molecule has 0 atom stereocenters. The normalized spacial score (nSPS) is 13.1. The second-order valence-electron chi connectivity index (χ2n) is 6.73. The molecule has 1 aliphatic heterocycles. The lowest BCUT2D eigenvalue weighted by Crippen LogP contribution is -2.13. The number of ether oxygens (including phenoxy) is 2. The van der Waals surface area contributed by atoms with E-state index in [1.807, 2.05) is 30.5 Å². The summed E-state index contributed by atoms with van der Waals surface area (Å²) in [5.41, 5.74) is 2.89. The highest BCUT2D eigenvalue weighted by Gasteiger charge is 2.37. The van der Waals surface area contributed by atoms with Crippen LogP contribution in [0.4, 0.5) is 13.2 Å². The number of nitrogens with zero attached hydrogens (tertiary/aromatic N) is 4. The second kappa shape index (κ2) is 7.38. The number of hydrogen-bond donors (Lipinski definition) is 0. The molecule has 30 heavy (non-hydrogen) atoms. The number of rotatable bonds is 5. The summed E-state index contributed by atoms with van der Waals surface area (Å²) in [4.78, 5) is 12.8. The molecule has 3 heterocycles. The molecule has 3 aromatic rings. The summed E-state index contributed by atoms with van der Waals surface area (Å²) in [5.74, 6) is -0.0768. The lowest BCUT2D eigenvalue weighted by atomic mass is 10.2. The summed E-state index contributed by atoms with van der Waals surface area (Å²) in [6.45, 7) is 3.86. The van der Waals surface area contributed by atoms with Crippen LogP contribution in [0, 0.1) is 13.8 Å². The molecule has 0 radical (unpaired) electrons. The van der Waals surface area contributed by atoms with Gasteiger partial charge in [-0.15, -0.1) is 10.2 Å². The highest BCUT2D eigenvalue weighted by atomic mass is 32.2. The van der Waals surface area contributed by atoms with Crippen LogP contribution < -0.4 is 9.47 Å². The molecule has 4 rings (SSSR count). The lowest BCUT2D eigenvalue weighted by molar-refractivity contribution is -0.147. The SMILES string of the molecule is Cc1cc(C(=O)CSc2nnc(C(F)(F)F)n2C)c(C)n1-c1ccc2c(c1)OCO2. The van der Waals surface area contributed by atoms with Gasteiger partial charge < -0.3 is 18.6 Å². The molecule has 0 saturated carbocycles. The molecule has 0 bridgehead atoms. The fourth-order valence-electron chi connectivity index (χ4n) is 3.36. The van der Waals surface area contributed by atoms with Gasteiger partial charge in [-0.2, -0.15) is 13.2 Å². The predicted octanol–water partition coefficient (Wildman–Crippen LogP) is 3.95. The van der Waals surface area contributed by atoms with Crippen LogP contribution in [0.15, 0.2) is 29.4 Å². The van der Waals surface area contributed by atoms with Crippen molar-refractivity contribution in [1.29, 1.82) is 0 Å². The Morgan fingerprint density at radius 1 is 1.17 bits per heavy atom. The monoisotopic (exact) mass is 438 g/mol. The maximum Gasteiger partial charge on any atom is 0.451 e.